The van der Waals surface area contributed by atoms with Gasteiger partial charge in [-0.15, -0.1) is 0 Å². The zero-order chi connectivity index (χ0) is 18.0. The lowest BCUT2D eigenvalue weighted by Crippen LogP contribution is -2.16. The van der Waals surface area contributed by atoms with Crippen LogP contribution in [0.15, 0.2) is 35.8 Å². The van der Waals surface area contributed by atoms with Gasteiger partial charge in [-0.1, -0.05) is 0 Å². The summed E-state index contributed by atoms with van der Waals surface area (Å²) < 4.78 is 24.1. The monoisotopic (exact) mass is 343 g/mol. The minimum atomic E-state index is -0.521. The van der Waals surface area contributed by atoms with Gasteiger partial charge in [-0.3, -0.25) is 4.79 Å². The highest BCUT2D eigenvalue weighted by atomic mass is 19.1. The zero-order valence-corrected chi connectivity index (χ0v) is 14.2. The summed E-state index contributed by atoms with van der Waals surface area (Å²) in [6.45, 7) is 5.51. The van der Waals surface area contributed by atoms with Crippen molar-refractivity contribution in [2.24, 2.45) is 0 Å². The summed E-state index contributed by atoms with van der Waals surface area (Å²) in [5.74, 6) is 0.402. The van der Waals surface area contributed by atoms with E-state index in [-0.39, 0.29) is 5.57 Å². The molecule has 0 spiro atoms. The Morgan fingerprint density at radius 2 is 2.00 bits per heavy atom. The molecule has 1 N–H and O–H groups in total. The molecule has 1 aliphatic heterocycles. The Labute approximate surface area is 144 Å². The zero-order valence-electron chi connectivity index (χ0n) is 14.2. The van der Waals surface area contributed by atoms with E-state index in [9.17, 15) is 9.18 Å². The number of aryl methyl sites for hydroxylation is 1. The number of anilines is 1. The van der Waals surface area contributed by atoms with E-state index in [2.05, 4.69) is 15.3 Å². The van der Waals surface area contributed by atoms with Gasteiger partial charge in [-0.05, 0) is 39.0 Å². The standard InChI is InChI=1S/C18H18FN3O3/c1-10(11(2)19)17(23)22-16-5-4-13(9-20-16)14-8-15-18(21-12(14)3)25-7-6-24-15/h4-5,8-9H,6-7H2,1-3H3,(H,20,22,23). The Hall–Kier alpha value is -2.96. The Kier molecular flexibility index (Phi) is 4.65. The normalized spacial score (nSPS) is 13.9. The molecule has 0 aromatic carbocycles. The van der Waals surface area contributed by atoms with Crippen molar-refractivity contribution in [2.45, 2.75) is 20.8 Å². The van der Waals surface area contributed by atoms with Crippen LogP contribution >= 0.6 is 0 Å². The second-order valence-corrected chi connectivity index (χ2v) is 5.67. The van der Waals surface area contributed by atoms with E-state index in [0.29, 0.717) is 30.7 Å². The number of amides is 1. The molecule has 3 heterocycles. The van der Waals surface area contributed by atoms with Gasteiger partial charge in [0, 0.05) is 28.6 Å². The molecule has 1 amide bonds. The number of nitrogens with zero attached hydrogens (tertiary/aromatic N) is 2. The van der Waals surface area contributed by atoms with Gasteiger partial charge in [-0.2, -0.15) is 0 Å². The molecular weight excluding hydrogens is 325 g/mol. The Balaban J connectivity index is 1.83. The molecule has 0 saturated carbocycles. The van der Waals surface area contributed by atoms with Gasteiger partial charge in [-0.25, -0.2) is 14.4 Å². The largest absolute Gasteiger partial charge is 0.484 e. The van der Waals surface area contributed by atoms with Crippen molar-refractivity contribution in [2.75, 3.05) is 18.5 Å². The molecule has 6 nitrogen and oxygen atoms in total. The third-order valence-corrected chi connectivity index (χ3v) is 3.90. The molecule has 0 bridgehead atoms. The highest BCUT2D eigenvalue weighted by Gasteiger charge is 2.17. The molecule has 0 aliphatic carbocycles. The fourth-order valence-corrected chi connectivity index (χ4v) is 2.35. The number of ether oxygens (including phenoxy) is 2. The molecule has 0 fully saturated rings. The number of allylic oxidation sites excluding steroid dienone is 1. The van der Waals surface area contributed by atoms with Crippen molar-refractivity contribution in [3.05, 3.63) is 41.5 Å². The lowest BCUT2D eigenvalue weighted by atomic mass is 10.1. The van der Waals surface area contributed by atoms with E-state index in [0.717, 1.165) is 16.8 Å². The Morgan fingerprint density at radius 3 is 2.68 bits per heavy atom. The molecule has 2 aromatic heterocycles. The first-order chi connectivity index (χ1) is 12.0. The predicted molar refractivity (Wildman–Crippen MR) is 91.3 cm³/mol. The average Bonchev–Trinajstić information content (AvgIpc) is 2.61. The highest BCUT2D eigenvalue weighted by molar-refractivity contribution is 6.03. The van der Waals surface area contributed by atoms with Crippen molar-refractivity contribution in [1.82, 2.24) is 9.97 Å². The van der Waals surface area contributed by atoms with Crippen molar-refractivity contribution < 1.29 is 18.7 Å². The molecule has 25 heavy (non-hydrogen) atoms. The van der Waals surface area contributed by atoms with Crippen LogP contribution in [0.4, 0.5) is 10.2 Å². The number of hydrogen-bond acceptors (Lipinski definition) is 5. The average molecular weight is 343 g/mol. The van der Waals surface area contributed by atoms with Crippen LogP contribution < -0.4 is 14.8 Å². The van der Waals surface area contributed by atoms with E-state index >= 15 is 0 Å². The van der Waals surface area contributed by atoms with Gasteiger partial charge in [0.05, 0.1) is 0 Å². The van der Waals surface area contributed by atoms with E-state index < -0.39 is 11.7 Å². The van der Waals surface area contributed by atoms with Crippen LogP contribution in [0.3, 0.4) is 0 Å². The summed E-state index contributed by atoms with van der Waals surface area (Å²) in [5.41, 5.74) is 2.51. The molecule has 0 saturated heterocycles. The Morgan fingerprint density at radius 1 is 1.24 bits per heavy atom. The fraction of sp³-hybridized carbons (Fsp3) is 0.278. The molecule has 0 atom stereocenters. The molecular formula is C18H18FN3O3. The van der Waals surface area contributed by atoms with Crippen LogP contribution in [0.25, 0.3) is 11.1 Å². The maximum atomic E-state index is 13.1. The first-order valence-corrected chi connectivity index (χ1v) is 7.83. The van der Waals surface area contributed by atoms with E-state index in [1.54, 1.807) is 12.3 Å². The van der Waals surface area contributed by atoms with Gasteiger partial charge in [0.2, 0.25) is 0 Å². The molecule has 3 rings (SSSR count). The smallest absolute Gasteiger partial charge is 0.257 e. The number of nitrogens with one attached hydrogen (secondary N) is 1. The SMILES string of the molecule is CC(F)=C(C)C(=O)Nc1ccc(-c2cc3c(nc2C)OCCO3)cn1. The number of carbonyl (C=O) groups is 1. The summed E-state index contributed by atoms with van der Waals surface area (Å²) in [7, 11) is 0. The van der Waals surface area contributed by atoms with E-state index in [1.807, 2.05) is 19.1 Å². The van der Waals surface area contributed by atoms with Crippen LogP contribution in [0.1, 0.15) is 19.5 Å². The number of carbonyl (C=O) groups excluding carboxylic acids is 1. The minimum Gasteiger partial charge on any atom is -0.484 e. The van der Waals surface area contributed by atoms with Crippen LogP contribution in [0.2, 0.25) is 0 Å². The quantitative estimate of drug-likeness (QED) is 0.865. The number of rotatable bonds is 3. The highest BCUT2D eigenvalue weighted by Crippen LogP contribution is 2.34. The topological polar surface area (TPSA) is 73.3 Å². The van der Waals surface area contributed by atoms with Crippen LogP contribution in [-0.2, 0) is 4.79 Å². The number of fused-ring (bicyclic) bond motifs is 1. The van der Waals surface area contributed by atoms with Gasteiger partial charge in [0.25, 0.3) is 11.8 Å². The molecule has 2 aromatic rings. The molecule has 0 unspecified atom stereocenters. The molecule has 1 aliphatic rings. The van der Waals surface area contributed by atoms with Crippen LogP contribution in [0, 0.1) is 6.92 Å². The maximum absolute atomic E-state index is 13.1. The van der Waals surface area contributed by atoms with Crippen molar-refractivity contribution in [3.63, 3.8) is 0 Å². The number of aromatic nitrogens is 2. The van der Waals surface area contributed by atoms with Crippen molar-refractivity contribution >= 4 is 11.7 Å². The van der Waals surface area contributed by atoms with Gasteiger partial charge < -0.3 is 14.8 Å². The molecule has 7 heteroatoms. The Bertz CT molecular complexity index is 843. The fourth-order valence-electron chi connectivity index (χ4n) is 2.35. The van der Waals surface area contributed by atoms with E-state index in [4.69, 9.17) is 9.47 Å². The second kappa shape index (κ2) is 6.88. The third kappa shape index (κ3) is 3.60. The molecule has 130 valence electrons. The number of pyridine rings is 2. The number of hydrogen-bond donors (Lipinski definition) is 1. The van der Waals surface area contributed by atoms with Crippen molar-refractivity contribution in [1.29, 1.82) is 0 Å². The first-order valence-electron chi connectivity index (χ1n) is 7.83. The summed E-state index contributed by atoms with van der Waals surface area (Å²) in [4.78, 5) is 20.5. The maximum Gasteiger partial charge on any atom is 0.257 e. The van der Waals surface area contributed by atoms with Crippen LogP contribution in [0.5, 0.6) is 11.6 Å². The van der Waals surface area contributed by atoms with Gasteiger partial charge >= 0.3 is 0 Å². The summed E-state index contributed by atoms with van der Waals surface area (Å²) >= 11 is 0. The predicted octanol–water partition coefficient (Wildman–Crippen LogP) is 3.43. The van der Waals surface area contributed by atoms with Crippen molar-refractivity contribution in [3.8, 4) is 22.8 Å². The summed E-state index contributed by atoms with van der Waals surface area (Å²) in [5, 5.41) is 2.56. The second-order valence-electron chi connectivity index (χ2n) is 5.67. The lowest BCUT2D eigenvalue weighted by Gasteiger charge is -2.19. The third-order valence-electron chi connectivity index (χ3n) is 3.90. The van der Waals surface area contributed by atoms with Gasteiger partial charge in [0.1, 0.15) is 24.9 Å². The summed E-state index contributed by atoms with van der Waals surface area (Å²) in [6, 6.07) is 5.33. The summed E-state index contributed by atoms with van der Waals surface area (Å²) in [6.07, 6.45) is 1.62. The lowest BCUT2D eigenvalue weighted by molar-refractivity contribution is -0.112. The molecule has 0 radical (unpaired) electrons. The number of halogens is 1. The van der Waals surface area contributed by atoms with Gasteiger partial charge in [0.15, 0.2) is 5.75 Å². The first kappa shape index (κ1) is 16.9. The van der Waals surface area contributed by atoms with E-state index in [1.165, 1.54) is 13.8 Å². The van der Waals surface area contributed by atoms with Crippen LogP contribution in [-0.4, -0.2) is 29.1 Å². The minimum absolute atomic E-state index is 0.0257.